The van der Waals surface area contributed by atoms with Gasteiger partial charge < -0.3 is 10.6 Å². The van der Waals surface area contributed by atoms with E-state index in [0.717, 1.165) is 30.8 Å². The minimum absolute atomic E-state index is 0.399. The quantitative estimate of drug-likeness (QED) is 0.797. The van der Waals surface area contributed by atoms with Crippen molar-refractivity contribution in [3.05, 3.63) is 40.3 Å². The van der Waals surface area contributed by atoms with Crippen LogP contribution < -0.4 is 10.6 Å². The van der Waals surface area contributed by atoms with E-state index in [-0.39, 0.29) is 0 Å². The average molecular weight is 289 g/mol. The van der Waals surface area contributed by atoms with Crippen LogP contribution in [-0.2, 0) is 6.42 Å². The van der Waals surface area contributed by atoms with Crippen LogP contribution in [0.25, 0.3) is 0 Å². The van der Waals surface area contributed by atoms with Crippen LogP contribution in [0.15, 0.2) is 30.6 Å². The summed E-state index contributed by atoms with van der Waals surface area (Å²) in [5.74, 6) is 0. The molecular weight excluding hydrogens is 266 g/mol. The van der Waals surface area contributed by atoms with Gasteiger partial charge in [-0.05, 0) is 38.5 Å². The van der Waals surface area contributed by atoms with Crippen LogP contribution in [0.2, 0.25) is 0 Å². The molecule has 0 aliphatic rings. The lowest BCUT2D eigenvalue weighted by Gasteiger charge is -2.15. The van der Waals surface area contributed by atoms with Gasteiger partial charge in [-0.25, -0.2) is 0 Å². The van der Waals surface area contributed by atoms with E-state index in [1.165, 1.54) is 9.75 Å². The molecule has 2 aromatic heterocycles. The van der Waals surface area contributed by atoms with Crippen molar-refractivity contribution in [1.82, 2.24) is 4.98 Å². The zero-order chi connectivity index (χ0) is 14.4. The van der Waals surface area contributed by atoms with Crippen LogP contribution in [0.5, 0.6) is 0 Å². The van der Waals surface area contributed by atoms with Gasteiger partial charge in [0.15, 0.2) is 0 Å². The lowest BCUT2D eigenvalue weighted by molar-refractivity contribution is 0.799. The molecule has 2 heterocycles. The molecule has 1 unspecified atom stereocenters. The standard InChI is InChI=1S/C16H23N3S/c1-4-7-18-14-9-15(11-17-10-14)19-12(2)8-16-6-5-13(3)20-16/h5-6,9-12,18-19H,4,7-8H2,1-3H3. The number of nitrogens with one attached hydrogen (secondary N) is 2. The maximum absolute atomic E-state index is 4.28. The Morgan fingerprint density at radius 3 is 2.75 bits per heavy atom. The number of aryl methyl sites for hydroxylation is 1. The number of anilines is 2. The molecule has 0 radical (unpaired) electrons. The van der Waals surface area contributed by atoms with Gasteiger partial charge in [0.1, 0.15) is 0 Å². The highest BCUT2D eigenvalue weighted by atomic mass is 32.1. The monoisotopic (exact) mass is 289 g/mol. The average Bonchev–Trinajstić information content (AvgIpc) is 2.82. The Morgan fingerprint density at radius 1 is 1.25 bits per heavy atom. The van der Waals surface area contributed by atoms with Crippen LogP contribution >= 0.6 is 11.3 Å². The smallest absolute Gasteiger partial charge is 0.0549 e. The van der Waals surface area contributed by atoms with Gasteiger partial charge in [0.2, 0.25) is 0 Å². The third kappa shape index (κ3) is 4.53. The van der Waals surface area contributed by atoms with Crippen molar-refractivity contribution in [1.29, 1.82) is 0 Å². The summed E-state index contributed by atoms with van der Waals surface area (Å²) < 4.78 is 0. The molecular formula is C16H23N3S. The third-order valence-corrected chi connectivity index (χ3v) is 4.06. The molecule has 0 spiro atoms. The van der Waals surface area contributed by atoms with E-state index in [9.17, 15) is 0 Å². The Labute approximate surface area is 125 Å². The first-order valence-electron chi connectivity index (χ1n) is 7.18. The van der Waals surface area contributed by atoms with Crippen molar-refractivity contribution < 1.29 is 0 Å². The predicted molar refractivity (Wildman–Crippen MR) is 88.9 cm³/mol. The zero-order valence-corrected chi connectivity index (χ0v) is 13.3. The van der Waals surface area contributed by atoms with Gasteiger partial charge in [-0.1, -0.05) is 6.92 Å². The molecule has 0 aliphatic heterocycles. The molecule has 4 heteroatoms. The molecule has 3 nitrogen and oxygen atoms in total. The van der Waals surface area contributed by atoms with Gasteiger partial charge in [-0.15, -0.1) is 11.3 Å². The van der Waals surface area contributed by atoms with Crippen LogP contribution in [0.4, 0.5) is 11.4 Å². The van der Waals surface area contributed by atoms with Crippen molar-refractivity contribution in [2.24, 2.45) is 0 Å². The minimum atomic E-state index is 0.399. The van der Waals surface area contributed by atoms with Crippen molar-refractivity contribution in [2.45, 2.75) is 39.7 Å². The lowest BCUT2D eigenvalue weighted by Crippen LogP contribution is -2.17. The van der Waals surface area contributed by atoms with Crippen molar-refractivity contribution in [3.63, 3.8) is 0 Å². The largest absolute Gasteiger partial charge is 0.384 e. The van der Waals surface area contributed by atoms with Crippen molar-refractivity contribution in [2.75, 3.05) is 17.2 Å². The Kier molecular flexibility index (Phi) is 5.41. The molecule has 108 valence electrons. The molecule has 0 fully saturated rings. The number of thiophene rings is 1. The van der Waals surface area contributed by atoms with Gasteiger partial charge in [-0.3, -0.25) is 4.98 Å². The summed E-state index contributed by atoms with van der Waals surface area (Å²) in [6, 6.07) is 6.93. The van der Waals surface area contributed by atoms with E-state index in [2.05, 4.69) is 54.6 Å². The summed E-state index contributed by atoms with van der Waals surface area (Å²) in [6.07, 6.45) is 5.92. The highest BCUT2D eigenvalue weighted by molar-refractivity contribution is 7.11. The maximum Gasteiger partial charge on any atom is 0.0549 e. The molecule has 2 rings (SSSR count). The number of aromatic nitrogens is 1. The van der Waals surface area contributed by atoms with Gasteiger partial charge in [0.25, 0.3) is 0 Å². The Morgan fingerprint density at radius 2 is 2.05 bits per heavy atom. The second-order valence-electron chi connectivity index (χ2n) is 5.15. The molecule has 0 saturated carbocycles. The molecule has 0 saturated heterocycles. The summed E-state index contributed by atoms with van der Waals surface area (Å²) in [6.45, 7) is 7.50. The number of rotatable bonds is 7. The Balaban J connectivity index is 1.91. The zero-order valence-electron chi connectivity index (χ0n) is 12.4. The summed E-state index contributed by atoms with van der Waals surface area (Å²) in [7, 11) is 0. The first kappa shape index (κ1) is 14.9. The number of nitrogens with zero attached hydrogens (tertiary/aromatic N) is 1. The molecule has 1 atom stereocenters. The fraction of sp³-hybridized carbons (Fsp3) is 0.438. The van der Waals surface area contributed by atoms with E-state index in [4.69, 9.17) is 0 Å². The van der Waals surface area contributed by atoms with Crippen LogP contribution in [0.3, 0.4) is 0 Å². The van der Waals surface area contributed by atoms with E-state index >= 15 is 0 Å². The molecule has 0 amide bonds. The maximum atomic E-state index is 4.28. The lowest BCUT2D eigenvalue weighted by atomic mass is 10.2. The fourth-order valence-corrected chi connectivity index (χ4v) is 3.14. The second-order valence-corrected chi connectivity index (χ2v) is 6.52. The van der Waals surface area contributed by atoms with Crippen molar-refractivity contribution >= 4 is 22.7 Å². The number of hydrogen-bond donors (Lipinski definition) is 2. The Hall–Kier alpha value is -1.55. The topological polar surface area (TPSA) is 37.0 Å². The summed E-state index contributed by atoms with van der Waals surface area (Å²) >= 11 is 1.87. The first-order valence-corrected chi connectivity index (χ1v) is 8.00. The summed E-state index contributed by atoms with van der Waals surface area (Å²) in [5, 5.41) is 6.88. The Bertz CT molecular complexity index is 536. The highest BCUT2D eigenvalue weighted by Crippen LogP contribution is 2.19. The van der Waals surface area contributed by atoms with E-state index in [1.807, 2.05) is 23.7 Å². The van der Waals surface area contributed by atoms with Crippen LogP contribution in [0, 0.1) is 6.92 Å². The number of pyridine rings is 1. The van der Waals surface area contributed by atoms with Crippen molar-refractivity contribution in [3.8, 4) is 0 Å². The van der Waals surface area contributed by atoms with E-state index in [1.54, 1.807) is 0 Å². The van der Waals surface area contributed by atoms with Crippen LogP contribution in [0.1, 0.15) is 30.0 Å². The molecule has 0 aliphatic carbocycles. The van der Waals surface area contributed by atoms with E-state index in [0.29, 0.717) is 6.04 Å². The molecule has 0 bridgehead atoms. The molecule has 2 aromatic rings. The van der Waals surface area contributed by atoms with Gasteiger partial charge in [0, 0.05) is 28.8 Å². The first-order chi connectivity index (χ1) is 9.67. The van der Waals surface area contributed by atoms with Crippen LogP contribution in [-0.4, -0.2) is 17.6 Å². The number of hydrogen-bond acceptors (Lipinski definition) is 4. The SMILES string of the molecule is CCCNc1cncc(NC(C)Cc2ccc(C)s2)c1. The third-order valence-electron chi connectivity index (χ3n) is 3.03. The normalized spacial score (nSPS) is 12.2. The fourth-order valence-electron chi connectivity index (χ4n) is 2.12. The summed E-state index contributed by atoms with van der Waals surface area (Å²) in [4.78, 5) is 7.08. The predicted octanol–water partition coefficient (Wildman–Crippen LogP) is 4.32. The second kappa shape index (κ2) is 7.29. The van der Waals surface area contributed by atoms with Gasteiger partial charge in [-0.2, -0.15) is 0 Å². The van der Waals surface area contributed by atoms with Gasteiger partial charge in [0.05, 0.1) is 23.8 Å². The van der Waals surface area contributed by atoms with Gasteiger partial charge >= 0.3 is 0 Å². The van der Waals surface area contributed by atoms with E-state index < -0.39 is 0 Å². The molecule has 2 N–H and O–H groups in total. The minimum Gasteiger partial charge on any atom is -0.384 e. The molecule has 0 aromatic carbocycles. The summed E-state index contributed by atoms with van der Waals surface area (Å²) in [5.41, 5.74) is 2.16. The molecule has 20 heavy (non-hydrogen) atoms. The highest BCUT2D eigenvalue weighted by Gasteiger charge is 2.06.